The molecule has 0 saturated carbocycles. The largest absolute Gasteiger partial charge is 0.454 e. The number of Topliss-reactive ketones (excluding diaryl/α,β-unsaturated/α-hetero) is 1. The summed E-state index contributed by atoms with van der Waals surface area (Å²) in [6, 6.07) is 3.47. The first kappa shape index (κ1) is 17.2. The van der Waals surface area contributed by atoms with Crippen molar-refractivity contribution in [3.8, 4) is 11.5 Å². The number of hydrogen-bond acceptors (Lipinski definition) is 7. The van der Waals surface area contributed by atoms with E-state index in [9.17, 15) is 9.59 Å². The van der Waals surface area contributed by atoms with Crippen LogP contribution >= 0.6 is 0 Å². The van der Waals surface area contributed by atoms with Crippen LogP contribution in [-0.2, 0) is 4.79 Å². The summed E-state index contributed by atoms with van der Waals surface area (Å²) >= 11 is 0. The minimum atomic E-state index is -0.987. The molecular formula is C15H21N3O5. The molecule has 0 saturated heterocycles. The zero-order valence-corrected chi connectivity index (χ0v) is 13.0. The third-order valence-electron chi connectivity index (χ3n) is 3.44. The maximum absolute atomic E-state index is 12.4. The fourth-order valence-corrected chi connectivity index (χ4v) is 2.20. The molecule has 23 heavy (non-hydrogen) atoms. The molecule has 0 bridgehead atoms. The molecule has 8 nitrogen and oxygen atoms in total. The van der Waals surface area contributed by atoms with Crippen LogP contribution in [0.1, 0.15) is 24.2 Å². The van der Waals surface area contributed by atoms with Crippen LogP contribution in [0.5, 0.6) is 11.5 Å². The maximum Gasteiger partial charge on any atom is 0.240 e. The summed E-state index contributed by atoms with van der Waals surface area (Å²) in [5.41, 5.74) is 5.90. The van der Waals surface area contributed by atoms with Crippen LogP contribution < -0.4 is 25.8 Å². The van der Waals surface area contributed by atoms with Crippen molar-refractivity contribution in [2.45, 2.75) is 32.1 Å². The van der Waals surface area contributed by atoms with Crippen molar-refractivity contribution in [1.29, 1.82) is 0 Å². The molecule has 0 aliphatic carbocycles. The highest BCUT2D eigenvalue weighted by Gasteiger charge is 2.22. The standard InChI is InChI=1S/C15H21N3O5/c1-8(17-9(2)18-15(21)11(16)6-19)14(20)10-3-4-12-13(5-10)23-7-22-12/h3-5,8-9,11,17,19H,6-7,16H2,1-2H3,(H,18,21). The lowest BCUT2D eigenvalue weighted by Gasteiger charge is -2.21. The number of hydrogen-bond donors (Lipinski definition) is 4. The van der Waals surface area contributed by atoms with Gasteiger partial charge in [0.25, 0.3) is 0 Å². The third-order valence-corrected chi connectivity index (χ3v) is 3.44. The van der Waals surface area contributed by atoms with Gasteiger partial charge in [0.15, 0.2) is 17.3 Å². The number of amides is 1. The molecule has 0 radical (unpaired) electrons. The van der Waals surface area contributed by atoms with Crippen molar-refractivity contribution in [1.82, 2.24) is 10.6 Å². The van der Waals surface area contributed by atoms with Crippen LogP contribution in [-0.4, -0.2) is 48.4 Å². The van der Waals surface area contributed by atoms with Gasteiger partial charge in [-0.1, -0.05) is 0 Å². The maximum atomic E-state index is 12.4. The predicted octanol–water partition coefficient (Wildman–Crippen LogP) is -0.642. The van der Waals surface area contributed by atoms with Crippen LogP contribution in [0, 0.1) is 0 Å². The number of ketones is 1. The van der Waals surface area contributed by atoms with E-state index in [1.54, 1.807) is 32.0 Å². The van der Waals surface area contributed by atoms with Gasteiger partial charge in [0.1, 0.15) is 6.04 Å². The van der Waals surface area contributed by atoms with Gasteiger partial charge in [-0.05, 0) is 32.0 Å². The quantitative estimate of drug-likeness (QED) is 0.389. The second kappa shape index (κ2) is 7.40. The number of nitrogens with two attached hydrogens (primary N) is 1. The molecule has 2 rings (SSSR count). The van der Waals surface area contributed by atoms with Gasteiger partial charge in [-0.3, -0.25) is 14.9 Å². The summed E-state index contributed by atoms with van der Waals surface area (Å²) in [6.45, 7) is 3.09. The highest BCUT2D eigenvalue weighted by atomic mass is 16.7. The van der Waals surface area contributed by atoms with Crippen molar-refractivity contribution in [2.24, 2.45) is 5.73 Å². The summed E-state index contributed by atoms with van der Waals surface area (Å²) in [7, 11) is 0. The first-order valence-electron chi connectivity index (χ1n) is 7.29. The van der Waals surface area contributed by atoms with E-state index < -0.39 is 30.8 Å². The molecule has 1 aromatic carbocycles. The Balaban J connectivity index is 1.93. The molecule has 1 aliphatic heterocycles. The van der Waals surface area contributed by atoms with Gasteiger partial charge in [-0.2, -0.15) is 0 Å². The fourth-order valence-electron chi connectivity index (χ4n) is 2.20. The molecule has 1 aromatic rings. The number of carbonyl (C=O) groups excluding carboxylic acids is 2. The Morgan fingerprint density at radius 2 is 2.00 bits per heavy atom. The third kappa shape index (κ3) is 4.19. The van der Waals surface area contributed by atoms with Gasteiger partial charge in [-0.15, -0.1) is 0 Å². The number of aliphatic hydroxyl groups excluding tert-OH is 1. The molecule has 126 valence electrons. The van der Waals surface area contributed by atoms with E-state index in [1.807, 2.05) is 0 Å². The van der Waals surface area contributed by atoms with E-state index in [0.29, 0.717) is 17.1 Å². The molecule has 0 spiro atoms. The van der Waals surface area contributed by atoms with Crippen LogP contribution in [0.2, 0.25) is 0 Å². The molecule has 3 unspecified atom stereocenters. The molecule has 1 amide bonds. The van der Waals surface area contributed by atoms with Gasteiger partial charge < -0.3 is 25.6 Å². The van der Waals surface area contributed by atoms with Gasteiger partial charge in [0, 0.05) is 5.56 Å². The van der Waals surface area contributed by atoms with Crippen molar-refractivity contribution in [3.05, 3.63) is 23.8 Å². The summed E-state index contributed by atoms with van der Waals surface area (Å²) in [6.07, 6.45) is -0.479. The normalized spacial score (nSPS) is 16.5. The highest BCUT2D eigenvalue weighted by molar-refractivity contribution is 6.00. The molecule has 1 heterocycles. The number of aliphatic hydroxyl groups is 1. The molecule has 1 aliphatic rings. The average Bonchev–Trinajstić information content (AvgIpc) is 3.00. The van der Waals surface area contributed by atoms with Crippen molar-refractivity contribution >= 4 is 11.7 Å². The van der Waals surface area contributed by atoms with E-state index >= 15 is 0 Å². The van der Waals surface area contributed by atoms with Gasteiger partial charge >= 0.3 is 0 Å². The van der Waals surface area contributed by atoms with E-state index in [-0.39, 0.29) is 12.6 Å². The Labute approximate surface area is 133 Å². The van der Waals surface area contributed by atoms with Crippen LogP contribution in [0.15, 0.2) is 18.2 Å². The number of fused-ring (bicyclic) bond motifs is 1. The SMILES string of the molecule is CC(NC(=O)C(N)CO)NC(C)C(=O)c1ccc2c(c1)OCO2. The van der Waals surface area contributed by atoms with Gasteiger partial charge in [0.05, 0.1) is 18.8 Å². The Morgan fingerprint density at radius 1 is 1.30 bits per heavy atom. The lowest BCUT2D eigenvalue weighted by atomic mass is 10.0. The van der Waals surface area contributed by atoms with E-state index in [2.05, 4.69) is 10.6 Å². The topological polar surface area (TPSA) is 123 Å². The van der Waals surface area contributed by atoms with Gasteiger partial charge in [-0.25, -0.2) is 0 Å². The Kier molecular flexibility index (Phi) is 5.54. The van der Waals surface area contributed by atoms with E-state index in [4.69, 9.17) is 20.3 Å². The van der Waals surface area contributed by atoms with Gasteiger partial charge in [0.2, 0.25) is 12.7 Å². The summed E-state index contributed by atoms with van der Waals surface area (Å²) in [5.74, 6) is 0.519. The summed E-state index contributed by atoms with van der Waals surface area (Å²) in [4.78, 5) is 24.0. The molecule has 8 heteroatoms. The lowest BCUT2D eigenvalue weighted by Crippen LogP contribution is -2.53. The van der Waals surface area contributed by atoms with Crippen molar-refractivity contribution in [3.63, 3.8) is 0 Å². The van der Waals surface area contributed by atoms with E-state index in [1.165, 1.54) is 0 Å². The summed E-state index contributed by atoms with van der Waals surface area (Å²) < 4.78 is 10.5. The van der Waals surface area contributed by atoms with Crippen LogP contribution in [0.25, 0.3) is 0 Å². The van der Waals surface area contributed by atoms with Crippen molar-refractivity contribution < 1.29 is 24.2 Å². The molecule has 5 N–H and O–H groups in total. The smallest absolute Gasteiger partial charge is 0.240 e. The Bertz CT molecular complexity index is 592. The number of ether oxygens (including phenoxy) is 2. The Morgan fingerprint density at radius 3 is 2.70 bits per heavy atom. The van der Waals surface area contributed by atoms with Crippen LogP contribution in [0.4, 0.5) is 0 Å². The van der Waals surface area contributed by atoms with Crippen LogP contribution in [0.3, 0.4) is 0 Å². The highest BCUT2D eigenvalue weighted by Crippen LogP contribution is 2.32. The first-order chi connectivity index (χ1) is 10.9. The molecular weight excluding hydrogens is 302 g/mol. The minimum absolute atomic E-state index is 0.143. The molecule has 3 atom stereocenters. The van der Waals surface area contributed by atoms with E-state index in [0.717, 1.165) is 0 Å². The second-order valence-electron chi connectivity index (χ2n) is 5.34. The second-order valence-corrected chi connectivity index (χ2v) is 5.34. The summed E-state index contributed by atoms with van der Waals surface area (Å²) in [5, 5.41) is 14.4. The number of benzene rings is 1. The molecule has 0 fully saturated rings. The molecule has 0 aromatic heterocycles. The monoisotopic (exact) mass is 323 g/mol. The predicted molar refractivity (Wildman–Crippen MR) is 82.2 cm³/mol. The number of carbonyl (C=O) groups is 2. The zero-order chi connectivity index (χ0) is 17.0. The zero-order valence-electron chi connectivity index (χ0n) is 13.0. The lowest BCUT2D eigenvalue weighted by molar-refractivity contribution is -0.124. The fraction of sp³-hybridized carbons (Fsp3) is 0.467. The number of nitrogens with one attached hydrogen (secondary N) is 2. The Hall–Kier alpha value is -2.16. The minimum Gasteiger partial charge on any atom is -0.454 e. The first-order valence-corrected chi connectivity index (χ1v) is 7.29. The average molecular weight is 323 g/mol. The number of rotatable bonds is 7. The van der Waals surface area contributed by atoms with Crippen molar-refractivity contribution in [2.75, 3.05) is 13.4 Å².